The van der Waals surface area contributed by atoms with Crippen molar-refractivity contribution in [3.63, 3.8) is 0 Å². The summed E-state index contributed by atoms with van der Waals surface area (Å²) in [7, 11) is 2.13. The smallest absolute Gasteiger partial charge is 0.253 e. The van der Waals surface area contributed by atoms with Gasteiger partial charge >= 0.3 is 0 Å². The number of anilines is 1. The molecule has 2 fully saturated rings. The molecule has 1 saturated carbocycles. The first-order valence-corrected chi connectivity index (χ1v) is 12.3. The topological polar surface area (TPSA) is 118 Å². The molecule has 1 aliphatic heterocycles. The fourth-order valence-electron chi connectivity index (χ4n) is 5.18. The Morgan fingerprint density at radius 1 is 1.06 bits per heavy atom. The van der Waals surface area contributed by atoms with Crippen molar-refractivity contribution in [1.82, 2.24) is 20.1 Å². The van der Waals surface area contributed by atoms with Crippen LogP contribution < -0.4 is 16.8 Å². The first kappa shape index (κ1) is 24.2. The van der Waals surface area contributed by atoms with Gasteiger partial charge in [0, 0.05) is 56.7 Å². The number of hydrogen-bond acceptors (Lipinski definition) is 6. The molecular formula is C26H36N6O2. The Balaban J connectivity index is 1.60. The molecule has 0 atom stereocenters. The average molecular weight is 465 g/mol. The van der Waals surface area contributed by atoms with Gasteiger partial charge in [-0.3, -0.25) is 19.5 Å². The predicted octanol–water partition coefficient (Wildman–Crippen LogP) is 2.45. The molecular weight excluding hydrogens is 428 g/mol. The molecule has 182 valence electrons. The van der Waals surface area contributed by atoms with Crippen LogP contribution in [0.25, 0.3) is 11.3 Å². The van der Waals surface area contributed by atoms with Crippen LogP contribution in [0.5, 0.6) is 0 Å². The van der Waals surface area contributed by atoms with E-state index in [0.29, 0.717) is 29.1 Å². The molecule has 2 aromatic rings. The second-order valence-corrected chi connectivity index (χ2v) is 9.49. The van der Waals surface area contributed by atoms with E-state index in [1.54, 1.807) is 24.4 Å². The van der Waals surface area contributed by atoms with E-state index in [9.17, 15) is 9.59 Å². The van der Waals surface area contributed by atoms with E-state index in [1.807, 2.05) is 6.07 Å². The van der Waals surface area contributed by atoms with E-state index in [2.05, 4.69) is 27.1 Å². The Bertz CT molecular complexity index is 1030. The van der Waals surface area contributed by atoms with Crippen molar-refractivity contribution in [3.05, 3.63) is 47.2 Å². The summed E-state index contributed by atoms with van der Waals surface area (Å²) in [5, 5.41) is 3.05. The van der Waals surface area contributed by atoms with E-state index >= 15 is 0 Å². The number of nitrogens with one attached hydrogen (secondary N) is 1. The van der Waals surface area contributed by atoms with Gasteiger partial charge in [-0.05, 0) is 49.6 Å². The van der Waals surface area contributed by atoms with Gasteiger partial charge in [0.2, 0.25) is 0 Å². The quantitative estimate of drug-likeness (QED) is 0.542. The summed E-state index contributed by atoms with van der Waals surface area (Å²) in [5.41, 5.74) is 15.9. The van der Waals surface area contributed by atoms with Crippen LogP contribution in [-0.4, -0.2) is 72.9 Å². The molecule has 0 radical (unpaired) electrons. The van der Waals surface area contributed by atoms with Crippen LogP contribution in [0, 0.1) is 0 Å². The Morgan fingerprint density at radius 2 is 1.79 bits per heavy atom. The Hall–Kier alpha value is -2.97. The largest absolute Gasteiger partial charge is 0.398 e. The van der Waals surface area contributed by atoms with E-state index < -0.39 is 5.91 Å². The van der Waals surface area contributed by atoms with Gasteiger partial charge in [0.1, 0.15) is 0 Å². The van der Waals surface area contributed by atoms with Gasteiger partial charge in [0.25, 0.3) is 11.8 Å². The SMILES string of the molecule is CN1CCN(CCNC(=O)c2ccc(-c3ncccc3C(N)=O)c(C3CCCCC3)c2N)CC1. The standard InChI is InChI=1S/C26H36N6O2/c1-31-14-16-32(17-15-31)13-12-30-26(34)20-10-9-19(24-21(25(28)33)8-5-11-29-24)22(23(20)27)18-6-3-2-4-7-18/h5,8-11,18H,2-4,6-7,12-17,27H2,1H3,(H2,28,33)(H,30,34). The van der Waals surface area contributed by atoms with E-state index in [4.69, 9.17) is 11.5 Å². The number of nitrogens with zero attached hydrogens (tertiary/aromatic N) is 3. The molecule has 0 spiro atoms. The number of pyridine rings is 1. The average Bonchev–Trinajstić information content (AvgIpc) is 2.85. The van der Waals surface area contributed by atoms with Gasteiger partial charge in [-0.15, -0.1) is 0 Å². The van der Waals surface area contributed by atoms with E-state index in [-0.39, 0.29) is 11.8 Å². The molecule has 4 rings (SSSR count). The second kappa shape index (κ2) is 11.0. The zero-order chi connectivity index (χ0) is 24.1. The summed E-state index contributed by atoms with van der Waals surface area (Å²) in [4.78, 5) is 34.4. The molecule has 1 aliphatic carbocycles. The van der Waals surface area contributed by atoms with Gasteiger partial charge in [-0.2, -0.15) is 0 Å². The van der Waals surface area contributed by atoms with Crippen molar-refractivity contribution in [1.29, 1.82) is 0 Å². The lowest BCUT2D eigenvalue weighted by Gasteiger charge is -2.32. The van der Waals surface area contributed by atoms with Crippen LogP contribution in [-0.2, 0) is 0 Å². The number of nitrogen functional groups attached to an aromatic ring is 1. The van der Waals surface area contributed by atoms with Crippen LogP contribution in [0.4, 0.5) is 5.69 Å². The zero-order valence-corrected chi connectivity index (χ0v) is 20.1. The third kappa shape index (κ3) is 5.39. The predicted molar refractivity (Wildman–Crippen MR) is 135 cm³/mol. The maximum atomic E-state index is 13.1. The third-order valence-electron chi connectivity index (χ3n) is 7.18. The molecule has 1 aromatic heterocycles. The molecule has 5 N–H and O–H groups in total. The summed E-state index contributed by atoms with van der Waals surface area (Å²) in [6.45, 7) is 5.53. The summed E-state index contributed by atoms with van der Waals surface area (Å²) in [6, 6.07) is 7.02. The normalized spacial score (nSPS) is 18.0. The number of likely N-dealkylation sites (N-methyl/N-ethyl adjacent to an activating group) is 1. The highest BCUT2D eigenvalue weighted by molar-refractivity contribution is 6.03. The maximum Gasteiger partial charge on any atom is 0.253 e. The van der Waals surface area contributed by atoms with Crippen molar-refractivity contribution in [2.45, 2.75) is 38.0 Å². The minimum Gasteiger partial charge on any atom is -0.398 e. The number of amides is 2. The highest BCUT2D eigenvalue weighted by atomic mass is 16.2. The summed E-state index contributed by atoms with van der Waals surface area (Å²) < 4.78 is 0. The van der Waals surface area contributed by atoms with Gasteiger partial charge in [0.05, 0.1) is 16.8 Å². The fraction of sp³-hybridized carbons (Fsp3) is 0.500. The lowest BCUT2D eigenvalue weighted by molar-refractivity contribution is 0.0940. The number of benzene rings is 1. The van der Waals surface area contributed by atoms with Gasteiger partial charge in [0.15, 0.2) is 0 Å². The summed E-state index contributed by atoms with van der Waals surface area (Å²) in [5.74, 6) is -0.460. The highest BCUT2D eigenvalue weighted by Crippen LogP contribution is 2.42. The van der Waals surface area contributed by atoms with E-state index in [1.165, 1.54) is 6.42 Å². The molecule has 8 heteroatoms. The highest BCUT2D eigenvalue weighted by Gasteiger charge is 2.27. The molecule has 0 bridgehead atoms. The molecule has 8 nitrogen and oxygen atoms in total. The van der Waals surface area contributed by atoms with Crippen LogP contribution in [0.2, 0.25) is 0 Å². The van der Waals surface area contributed by atoms with Crippen LogP contribution in [0.1, 0.15) is 64.3 Å². The molecule has 2 amide bonds. The monoisotopic (exact) mass is 464 g/mol. The lowest BCUT2D eigenvalue weighted by atomic mass is 9.79. The van der Waals surface area contributed by atoms with Crippen molar-refractivity contribution in [2.24, 2.45) is 5.73 Å². The van der Waals surface area contributed by atoms with Gasteiger partial charge in [-0.25, -0.2) is 0 Å². The summed E-state index contributed by atoms with van der Waals surface area (Å²) >= 11 is 0. The van der Waals surface area contributed by atoms with Crippen LogP contribution in [0.15, 0.2) is 30.5 Å². The molecule has 0 unspecified atom stereocenters. The number of hydrogen-bond donors (Lipinski definition) is 3. The van der Waals surface area contributed by atoms with Crippen LogP contribution >= 0.6 is 0 Å². The van der Waals surface area contributed by atoms with Crippen molar-refractivity contribution < 1.29 is 9.59 Å². The number of nitrogens with two attached hydrogens (primary N) is 2. The number of carbonyl (C=O) groups excluding carboxylic acids is 2. The van der Waals surface area contributed by atoms with Crippen molar-refractivity contribution in [2.75, 3.05) is 52.0 Å². The molecule has 34 heavy (non-hydrogen) atoms. The first-order valence-electron chi connectivity index (χ1n) is 12.3. The van der Waals surface area contributed by atoms with E-state index in [0.717, 1.165) is 69.5 Å². The lowest BCUT2D eigenvalue weighted by Crippen LogP contribution is -2.46. The fourth-order valence-corrected chi connectivity index (χ4v) is 5.18. The first-order chi connectivity index (χ1) is 16.5. The minimum absolute atomic E-state index is 0.161. The molecule has 1 saturated heterocycles. The Labute approximate surface area is 201 Å². The Morgan fingerprint density at radius 3 is 2.50 bits per heavy atom. The van der Waals surface area contributed by atoms with Crippen molar-refractivity contribution in [3.8, 4) is 11.3 Å². The number of carbonyl (C=O) groups is 2. The number of piperazine rings is 1. The molecule has 1 aromatic carbocycles. The van der Waals surface area contributed by atoms with Gasteiger partial charge < -0.3 is 21.7 Å². The molecule has 2 heterocycles. The van der Waals surface area contributed by atoms with Gasteiger partial charge in [-0.1, -0.05) is 25.3 Å². The van der Waals surface area contributed by atoms with Crippen LogP contribution in [0.3, 0.4) is 0 Å². The number of primary amides is 1. The Kier molecular flexibility index (Phi) is 7.80. The maximum absolute atomic E-state index is 13.1. The minimum atomic E-state index is -0.526. The summed E-state index contributed by atoms with van der Waals surface area (Å²) in [6.07, 6.45) is 7.11. The number of rotatable bonds is 7. The third-order valence-corrected chi connectivity index (χ3v) is 7.18. The number of aromatic nitrogens is 1. The zero-order valence-electron chi connectivity index (χ0n) is 20.1. The van der Waals surface area contributed by atoms with Crippen molar-refractivity contribution >= 4 is 17.5 Å². The molecule has 2 aliphatic rings. The second-order valence-electron chi connectivity index (χ2n) is 9.49.